The first kappa shape index (κ1) is 13.3. The molecular formula is C12H20ClN3S. The third-order valence-corrected chi connectivity index (χ3v) is 4.42. The van der Waals surface area contributed by atoms with Crippen LogP contribution in [0.2, 0.25) is 0 Å². The summed E-state index contributed by atoms with van der Waals surface area (Å²) in [5.74, 6) is 0.523. The number of likely N-dealkylation sites (N-methyl/N-ethyl adjacent to an activating group) is 1. The largest absolute Gasteiger partial charge is 0.305 e. The van der Waals surface area contributed by atoms with Crippen LogP contribution in [-0.2, 0) is 12.4 Å². The van der Waals surface area contributed by atoms with Crippen LogP contribution in [0.15, 0.2) is 5.38 Å². The van der Waals surface area contributed by atoms with Gasteiger partial charge in [0.2, 0.25) is 0 Å². The zero-order chi connectivity index (χ0) is 12.3. The highest BCUT2D eigenvalue weighted by molar-refractivity contribution is 7.09. The lowest BCUT2D eigenvalue weighted by Crippen LogP contribution is -2.37. The van der Waals surface area contributed by atoms with Gasteiger partial charge in [-0.05, 0) is 26.9 Å². The molecule has 2 heterocycles. The van der Waals surface area contributed by atoms with Gasteiger partial charge in [0.1, 0.15) is 5.01 Å². The summed E-state index contributed by atoms with van der Waals surface area (Å²) < 4.78 is 0. The lowest BCUT2D eigenvalue weighted by Gasteiger charge is -2.26. The van der Waals surface area contributed by atoms with Crippen LogP contribution in [0, 0.1) is 0 Å². The van der Waals surface area contributed by atoms with Crippen LogP contribution in [0.4, 0.5) is 0 Å². The molecule has 0 aliphatic carbocycles. The molecule has 1 aliphatic rings. The molecular weight excluding hydrogens is 254 g/mol. The summed E-state index contributed by atoms with van der Waals surface area (Å²) in [7, 11) is 2.20. The molecule has 17 heavy (non-hydrogen) atoms. The molecule has 1 fully saturated rings. The zero-order valence-corrected chi connectivity index (χ0v) is 12.1. The van der Waals surface area contributed by atoms with E-state index in [2.05, 4.69) is 34.1 Å². The van der Waals surface area contributed by atoms with E-state index in [1.807, 2.05) is 0 Å². The molecule has 0 aromatic carbocycles. The van der Waals surface area contributed by atoms with Crippen LogP contribution in [0.25, 0.3) is 0 Å². The van der Waals surface area contributed by atoms with Crippen molar-refractivity contribution in [3.05, 3.63) is 16.1 Å². The molecule has 1 aromatic rings. The van der Waals surface area contributed by atoms with Crippen molar-refractivity contribution in [2.45, 2.75) is 31.8 Å². The van der Waals surface area contributed by atoms with Gasteiger partial charge in [-0.1, -0.05) is 0 Å². The molecule has 0 N–H and O–H groups in total. The van der Waals surface area contributed by atoms with Gasteiger partial charge in [0.25, 0.3) is 0 Å². The molecule has 0 saturated carbocycles. The highest BCUT2D eigenvalue weighted by atomic mass is 35.5. The van der Waals surface area contributed by atoms with Crippen molar-refractivity contribution in [1.82, 2.24) is 14.8 Å². The van der Waals surface area contributed by atoms with Gasteiger partial charge in [0.15, 0.2) is 0 Å². The average molecular weight is 274 g/mol. The molecule has 1 aliphatic heterocycles. The molecule has 0 radical (unpaired) electrons. The number of thiazole rings is 1. The minimum absolute atomic E-state index is 0.523. The van der Waals surface area contributed by atoms with Crippen LogP contribution < -0.4 is 0 Å². The first-order valence-corrected chi connectivity index (χ1v) is 7.52. The fourth-order valence-corrected chi connectivity index (χ4v) is 3.36. The van der Waals surface area contributed by atoms with Crippen LogP contribution >= 0.6 is 22.9 Å². The van der Waals surface area contributed by atoms with Crippen LogP contribution in [0.5, 0.6) is 0 Å². The van der Waals surface area contributed by atoms with Gasteiger partial charge in [-0.15, -0.1) is 22.9 Å². The predicted molar refractivity (Wildman–Crippen MR) is 73.7 cm³/mol. The maximum absolute atomic E-state index is 5.78. The van der Waals surface area contributed by atoms with E-state index in [1.54, 1.807) is 11.3 Å². The molecule has 0 amide bonds. The van der Waals surface area contributed by atoms with E-state index in [9.17, 15) is 0 Å². The number of hydrogen-bond donors (Lipinski definition) is 0. The fraction of sp³-hybridized carbons (Fsp3) is 0.750. The second-order valence-corrected chi connectivity index (χ2v) is 6.01. The SMILES string of the molecule is CC1CN(C)CCCN1Cc1nc(CCl)cs1. The van der Waals surface area contributed by atoms with Crippen molar-refractivity contribution >= 4 is 22.9 Å². The Bertz CT molecular complexity index is 355. The molecule has 0 spiro atoms. The van der Waals surface area contributed by atoms with E-state index in [-0.39, 0.29) is 0 Å². The number of alkyl halides is 1. The van der Waals surface area contributed by atoms with Crippen LogP contribution in [0.3, 0.4) is 0 Å². The second kappa shape index (κ2) is 6.14. The van der Waals surface area contributed by atoms with Crippen molar-refractivity contribution in [3.63, 3.8) is 0 Å². The van der Waals surface area contributed by atoms with Gasteiger partial charge in [0, 0.05) is 24.5 Å². The molecule has 96 valence electrons. The first-order valence-electron chi connectivity index (χ1n) is 6.11. The number of halogens is 1. The van der Waals surface area contributed by atoms with Gasteiger partial charge in [0.05, 0.1) is 18.1 Å². The highest BCUT2D eigenvalue weighted by Crippen LogP contribution is 2.17. The Kier molecular flexibility index (Phi) is 4.79. The van der Waals surface area contributed by atoms with E-state index < -0.39 is 0 Å². The third-order valence-electron chi connectivity index (χ3n) is 3.26. The minimum Gasteiger partial charge on any atom is -0.305 e. The Labute approximate surface area is 112 Å². The van der Waals surface area contributed by atoms with Gasteiger partial charge in [-0.2, -0.15) is 0 Å². The summed E-state index contributed by atoms with van der Waals surface area (Å²) >= 11 is 7.51. The van der Waals surface area contributed by atoms with Crippen LogP contribution in [0.1, 0.15) is 24.0 Å². The molecule has 2 rings (SSSR count). The average Bonchev–Trinajstić information content (AvgIpc) is 2.68. The number of rotatable bonds is 3. The second-order valence-electron chi connectivity index (χ2n) is 4.80. The molecule has 1 aromatic heterocycles. The monoisotopic (exact) mass is 273 g/mol. The summed E-state index contributed by atoms with van der Waals surface area (Å²) in [6, 6.07) is 0.603. The maximum Gasteiger partial charge on any atom is 0.107 e. The van der Waals surface area contributed by atoms with Crippen molar-refractivity contribution < 1.29 is 0 Å². The first-order chi connectivity index (χ1) is 8.19. The Morgan fingerprint density at radius 1 is 1.53 bits per heavy atom. The zero-order valence-electron chi connectivity index (χ0n) is 10.5. The molecule has 3 nitrogen and oxygen atoms in total. The number of hydrogen-bond acceptors (Lipinski definition) is 4. The molecule has 0 bridgehead atoms. The number of nitrogens with zero attached hydrogens (tertiary/aromatic N) is 3. The van der Waals surface area contributed by atoms with Gasteiger partial charge >= 0.3 is 0 Å². The van der Waals surface area contributed by atoms with E-state index in [1.165, 1.54) is 24.5 Å². The summed E-state index contributed by atoms with van der Waals surface area (Å²) in [4.78, 5) is 9.48. The summed E-state index contributed by atoms with van der Waals surface area (Å²) in [6.45, 7) is 6.79. The van der Waals surface area contributed by atoms with E-state index >= 15 is 0 Å². The van der Waals surface area contributed by atoms with Crippen molar-refractivity contribution in [2.24, 2.45) is 0 Å². The molecule has 1 unspecified atom stereocenters. The molecule has 1 saturated heterocycles. The fourth-order valence-electron chi connectivity index (χ4n) is 2.31. The van der Waals surface area contributed by atoms with E-state index in [0.29, 0.717) is 11.9 Å². The Morgan fingerprint density at radius 2 is 2.35 bits per heavy atom. The maximum atomic E-state index is 5.78. The van der Waals surface area contributed by atoms with Crippen molar-refractivity contribution in [1.29, 1.82) is 0 Å². The lowest BCUT2D eigenvalue weighted by atomic mass is 10.3. The normalized spacial score (nSPS) is 23.8. The van der Waals surface area contributed by atoms with Crippen molar-refractivity contribution in [3.8, 4) is 0 Å². The topological polar surface area (TPSA) is 19.4 Å². The van der Waals surface area contributed by atoms with Crippen LogP contribution in [-0.4, -0.2) is 47.5 Å². The Balaban J connectivity index is 1.97. The molecule has 5 heteroatoms. The lowest BCUT2D eigenvalue weighted by molar-refractivity contribution is 0.194. The van der Waals surface area contributed by atoms with Crippen molar-refractivity contribution in [2.75, 3.05) is 26.7 Å². The van der Waals surface area contributed by atoms with Gasteiger partial charge in [-0.3, -0.25) is 4.90 Å². The molecule has 1 atom stereocenters. The minimum atomic E-state index is 0.523. The smallest absolute Gasteiger partial charge is 0.107 e. The highest BCUT2D eigenvalue weighted by Gasteiger charge is 2.20. The number of aromatic nitrogens is 1. The standard InChI is InChI=1S/C12H20ClN3S/c1-10-7-15(2)4-3-5-16(10)8-12-14-11(6-13)9-17-12/h9-10H,3-8H2,1-2H3. The van der Waals surface area contributed by atoms with Gasteiger partial charge < -0.3 is 4.90 Å². The van der Waals surface area contributed by atoms with E-state index in [4.69, 9.17) is 11.6 Å². The Morgan fingerprint density at radius 3 is 3.06 bits per heavy atom. The summed E-state index contributed by atoms with van der Waals surface area (Å²) in [5, 5.41) is 3.26. The quantitative estimate of drug-likeness (QED) is 0.789. The summed E-state index contributed by atoms with van der Waals surface area (Å²) in [6.07, 6.45) is 1.24. The summed E-state index contributed by atoms with van der Waals surface area (Å²) in [5.41, 5.74) is 1.01. The van der Waals surface area contributed by atoms with Gasteiger partial charge in [-0.25, -0.2) is 4.98 Å². The predicted octanol–water partition coefficient (Wildman–Crippen LogP) is 2.41. The third kappa shape index (κ3) is 3.65. The Hall–Kier alpha value is -0.160. The van der Waals surface area contributed by atoms with E-state index in [0.717, 1.165) is 18.8 Å².